The molecule has 7 rings (SSSR count). The number of hydrogen-bond donors (Lipinski definition) is 2. The van der Waals surface area contributed by atoms with Crippen LogP contribution in [0.25, 0.3) is 11.2 Å². The number of nitrogens with one attached hydrogen (secondary N) is 1. The third-order valence-electron chi connectivity index (χ3n) is 9.18. The van der Waals surface area contributed by atoms with Crippen molar-refractivity contribution in [2.45, 2.75) is 30.2 Å². The van der Waals surface area contributed by atoms with Gasteiger partial charge in [-0.3, -0.25) is 9.36 Å². The van der Waals surface area contributed by atoms with Crippen molar-refractivity contribution in [1.82, 2.24) is 19.5 Å². The summed E-state index contributed by atoms with van der Waals surface area (Å²) < 4.78 is 59.8. The number of aromatic nitrogens is 4. The Hall–Kier alpha value is -5.63. The van der Waals surface area contributed by atoms with Crippen molar-refractivity contribution in [2.75, 3.05) is 32.5 Å². The van der Waals surface area contributed by atoms with E-state index in [9.17, 15) is 14.3 Å². The summed E-state index contributed by atoms with van der Waals surface area (Å²) in [6, 6.07) is 33.0. The number of nitrogens with zero attached hydrogens (tertiary/aromatic N) is 4. The van der Waals surface area contributed by atoms with Crippen molar-refractivity contribution in [2.24, 2.45) is 0 Å². The zero-order valence-corrected chi connectivity index (χ0v) is 30.1. The highest BCUT2D eigenvalue weighted by Gasteiger charge is 2.50. The number of benzene rings is 4. The molecule has 2 aromatic heterocycles. The summed E-state index contributed by atoms with van der Waals surface area (Å²) >= 11 is 0. The molecule has 1 aliphatic rings. The molecule has 0 spiro atoms. The molecule has 1 aliphatic heterocycles. The number of methoxy groups -OCH3 is 2. The topological polar surface area (TPSA) is 156 Å². The maximum absolute atomic E-state index is 16.7. The van der Waals surface area contributed by atoms with Gasteiger partial charge in [0.15, 0.2) is 29.4 Å². The second kappa shape index (κ2) is 16.2. The molecule has 2 N–H and O–H groups in total. The molecule has 4 aromatic carbocycles. The maximum atomic E-state index is 16.7. The largest absolute Gasteiger partial charge is 0.534 e. The van der Waals surface area contributed by atoms with Gasteiger partial charge in [-0.25, -0.2) is 19.3 Å². The molecule has 3 heterocycles. The molecule has 0 radical (unpaired) electrons. The van der Waals surface area contributed by atoms with Gasteiger partial charge in [0.2, 0.25) is 0 Å². The number of fused-ring (bicyclic) bond motifs is 1. The van der Waals surface area contributed by atoms with Gasteiger partial charge < -0.3 is 29.0 Å². The normalized spacial score (nSPS) is 18.7. The van der Waals surface area contributed by atoms with Gasteiger partial charge in [-0.2, -0.15) is 4.89 Å². The van der Waals surface area contributed by atoms with E-state index in [4.69, 9.17) is 23.7 Å². The summed E-state index contributed by atoms with van der Waals surface area (Å²) in [5, 5.41) is 2.74. The van der Waals surface area contributed by atoms with Crippen LogP contribution in [-0.4, -0.2) is 75.9 Å². The number of hydrogen-bond acceptors (Lipinski definition) is 10. The van der Waals surface area contributed by atoms with Gasteiger partial charge >= 0.3 is 8.03 Å². The molecule has 1 fully saturated rings. The third-order valence-corrected chi connectivity index (χ3v) is 9.55. The molecular weight excluding hydrogens is 716 g/mol. The fourth-order valence-electron chi connectivity index (χ4n) is 6.58. The molecule has 276 valence electrons. The maximum Gasteiger partial charge on any atom is 0.534 e. The van der Waals surface area contributed by atoms with Gasteiger partial charge in [-0.15, -0.1) is 0 Å². The van der Waals surface area contributed by atoms with Crippen LogP contribution < -0.4 is 14.8 Å². The predicted octanol–water partition coefficient (Wildman–Crippen LogP) is 6.42. The van der Waals surface area contributed by atoms with E-state index in [-0.39, 0.29) is 23.6 Å². The summed E-state index contributed by atoms with van der Waals surface area (Å²) in [6.45, 7) is -0.225. The highest BCUT2D eigenvalue weighted by molar-refractivity contribution is 7.37. The van der Waals surface area contributed by atoms with Crippen LogP contribution in [0.5, 0.6) is 11.5 Å². The number of alkyl halides is 1. The Balaban J connectivity index is 1.25. The lowest BCUT2D eigenvalue weighted by Crippen LogP contribution is -2.40. The molecule has 1 unspecified atom stereocenters. The molecule has 0 saturated carbocycles. The van der Waals surface area contributed by atoms with Gasteiger partial charge in [0, 0.05) is 5.56 Å². The van der Waals surface area contributed by atoms with Crippen molar-refractivity contribution in [3.8, 4) is 11.5 Å². The van der Waals surface area contributed by atoms with Gasteiger partial charge in [0.05, 0.1) is 27.2 Å². The van der Waals surface area contributed by atoms with Crippen LogP contribution >= 0.6 is 8.03 Å². The smallest absolute Gasteiger partial charge is 0.497 e. The molecule has 0 bridgehead atoms. The molecule has 0 aliphatic carbocycles. The molecule has 1 amide bonds. The van der Waals surface area contributed by atoms with Crippen molar-refractivity contribution in [3.63, 3.8) is 0 Å². The quantitative estimate of drug-likeness (QED) is 0.0936. The van der Waals surface area contributed by atoms with Gasteiger partial charge in [0.25, 0.3) is 12.3 Å². The number of amides is 1. The van der Waals surface area contributed by atoms with Gasteiger partial charge in [0.1, 0.15) is 35.6 Å². The number of halogens is 1. The molecular formula is C39H36FN5O8P+. The minimum Gasteiger partial charge on any atom is -0.497 e. The average Bonchev–Trinajstić information content (AvgIpc) is 3.79. The summed E-state index contributed by atoms with van der Waals surface area (Å²) in [7, 11) is 0.399. The fourth-order valence-corrected chi connectivity index (χ4v) is 6.88. The highest BCUT2D eigenvalue weighted by atomic mass is 31.1. The Labute approximate surface area is 310 Å². The molecule has 6 aromatic rings. The Morgan fingerprint density at radius 3 is 2.06 bits per heavy atom. The number of rotatable bonds is 14. The zero-order valence-electron chi connectivity index (χ0n) is 29.2. The van der Waals surface area contributed by atoms with E-state index < -0.39 is 50.5 Å². The predicted molar refractivity (Wildman–Crippen MR) is 196 cm³/mol. The standard InChI is InChI=1S/C39H35FN5O8P/c1-49-29-17-13-27(14-18-29)39(26-11-7-4-8-12-26,28-15-19-30(50-2)20-16-28)52-21-31-34(51-24-54(47)48)32(40)38(53-31)45-23-43-33-35(41-22-42-36(33)45)44-37(46)25-9-5-3-6-10-25/h3-20,22-23,31-32,34,38H,21,24H2,1-2H3,(H-,41,42,44,46,47,48)/p+1/t31-,32-,34-,38-/m1/s1. The number of anilines is 1. The highest BCUT2D eigenvalue weighted by Crippen LogP contribution is 2.44. The summed E-state index contributed by atoms with van der Waals surface area (Å²) in [5.41, 5.74) is 1.78. The van der Waals surface area contributed by atoms with Crippen molar-refractivity contribution >= 4 is 30.9 Å². The Kier molecular flexibility index (Phi) is 11.0. The van der Waals surface area contributed by atoms with Crippen molar-refractivity contribution < 1.29 is 42.3 Å². The van der Waals surface area contributed by atoms with Crippen LogP contribution in [0.1, 0.15) is 33.3 Å². The summed E-state index contributed by atoms with van der Waals surface area (Å²) in [4.78, 5) is 35.5. The molecule has 54 heavy (non-hydrogen) atoms. The molecule has 15 heteroatoms. The van der Waals surface area contributed by atoms with Crippen LogP contribution in [-0.2, 0) is 24.4 Å². The fraction of sp³-hybridized carbons (Fsp3) is 0.231. The van der Waals surface area contributed by atoms with E-state index >= 15 is 4.39 Å². The monoisotopic (exact) mass is 752 g/mol. The van der Waals surface area contributed by atoms with E-state index in [0.717, 1.165) is 16.7 Å². The third kappa shape index (κ3) is 7.30. The number of carbonyl (C=O) groups excluding carboxylic acids is 1. The van der Waals surface area contributed by atoms with Crippen molar-refractivity contribution in [1.29, 1.82) is 0 Å². The van der Waals surface area contributed by atoms with E-state index in [1.165, 1.54) is 17.2 Å². The summed E-state index contributed by atoms with van der Waals surface area (Å²) in [6.07, 6.45) is -3.69. The van der Waals surface area contributed by atoms with Crippen LogP contribution in [0.4, 0.5) is 10.2 Å². The second-order valence-corrected chi connectivity index (χ2v) is 13.3. The van der Waals surface area contributed by atoms with Gasteiger partial charge in [-0.05, 0) is 57.7 Å². The average molecular weight is 753 g/mol. The molecule has 13 nitrogen and oxygen atoms in total. The van der Waals surface area contributed by atoms with E-state index in [1.54, 1.807) is 44.6 Å². The first kappa shape index (κ1) is 36.7. The van der Waals surface area contributed by atoms with Crippen LogP contribution in [0.3, 0.4) is 0 Å². The lowest BCUT2D eigenvalue weighted by atomic mass is 9.80. The number of carbonyl (C=O) groups is 1. The van der Waals surface area contributed by atoms with Crippen molar-refractivity contribution in [3.05, 3.63) is 144 Å². The summed E-state index contributed by atoms with van der Waals surface area (Å²) in [5.74, 6) is 0.995. The molecule has 1 saturated heterocycles. The van der Waals surface area contributed by atoms with Crippen LogP contribution in [0.2, 0.25) is 0 Å². The SMILES string of the molecule is COc1ccc(C(OC[C@H]2O[C@@H](n3cnc4c(NC(=O)c5ccccc5)ncnc43)[C@H](F)[C@@H]2OC[P+](=O)O)(c2ccccc2)c2ccc(OC)cc2)cc1. The first-order chi connectivity index (χ1) is 26.3. The minimum atomic E-state index is -2.76. The molecule has 5 atom stereocenters. The Morgan fingerprint density at radius 2 is 1.46 bits per heavy atom. The zero-order chi connectivity index (χ0) is 37.7. The minimum absolute atomic E-state index is 0.123. The number of ether oxygens (including phenoxy) is 5. The van der Waals surface area contributed by atoms with E-state index in [1.807, 2.05) is 78.9 Å². The number of imidazole rings is 1. The van der Waals surface area contributed by atoms with E-state index in [2.05, 4.69) is 20.3 Å². The van der Waals surface area contributed by atoms with Crippen LogP contribution in [0.15, 0.2) is 122 Å². The lowest BCUT2D eigenvalue weighted by Gasteiger charge is -2.37. The first-order valence-electron chi connectivity index (χ1n) is 16.9. The van der Waals surface area contributed by atoms with E-state index in [0.29, 0.717) is 17.1 Å². The Morgan fingerprint density at radius 1 is 0.870 bits per heavy atom. The lowest BCUT2D eigenvalue weighted by molar-refractivity contribution is -0.0997. The first-order valence-corrected chi connectivity index (χ1v) is 18.3. The second-order valence-electron chi connectivity index (χ2n) is 12.3. The Bertz CT molecular complexity index is 2160. The van der Waals surface area contributed by atoms with Gasteiger partial charge in [-0.1, -0.05) is 72.8 Å². The van der Waals surface area contributed by atoms with Crippen LogP contribution in [0, 0.1) is 0 Å².